The summed E-state index contributed by atoms with van der Waals surface area (Å²) in [5.74, 6) is 0. The predicted molar refractivity (Wildman–Crippen MR) is 197 cm³/mol. The van der Waals surface area contributed by atoms with E-state index in [0.29, 0.717) is 0 Å². The molecule has 0 spiro atoms. The molecule has 0 radical (unpaired) electrons. The Morgan fingerprint density at radius 1 is 0.432 bits per heavy atom. The Morgan fingerprint density at radius 3 is 1.25 bits per heavy atom. The highest BCUT2D eigenvalue weighted by atomic mass is 14.3. The van der Waals surface area contributed by atoms with Crippen LogP contribution in [0.3, 0.4) is 0 Å². The van der Waals surface area contributed by atoms with Crippen LogP contribution < -0.4 is 16.4 Å². The highest BCUT2D eigenvalue weighted by Gasteiger charge is 2.36. The molecule has 0 bridgehead atoms. The van der Waals surface area contributed by atoms with Crippen LogP contribution in [0, 0.1) is 20.8 Å². The highest BCUT2D eigenvalue weighted by Crippen LogP contribution is 2.46. The van der Waals surface area contributed by atoms with Gasteiger partial charge >= 0.3 is 0 Å². The molecule has 0 aromatic heterocycles. The topological polar surface area (TPSA) is 0 Å². The Bertz CT molecular complexity index is 2210. The lowest BCUT2D eigenvalue weighted by Crippen LogP contribution is -2.56. The first kappa shape index (κ1) is 27.5. The van der Waals surface area contributed by atoms with Gasteiger partial charge in [-0.1, -0.05) is 160 Å². The molecule has 0 N–H and O–H groups in total. The van der Waals surface area contributed by atoms with Crippen molar-refractivity contribution in [1.82, 2.24) is 0 Å². The van der Waals surface area contributed by atoms with Gasteiger partial charge in [0, 0.05) is 0 Å². The molecule has 0 unspecified atom stereocenters. The van der Waals surface area contributed by atoms with Crippen molar-refractivity contribution in [2.24, 2.45) is 0 Å². The van der Waals surface area contributed by atoms with E-state index in [1.54, 1.807) is 0 Å². The van der Waals surface area contributed by atoms with E-state index in [9.17, 15) is 0 Å². The lowest BCUT2D eigenvalue weighted by atomic mass is 9.32. The van der Waals surface area contributed by atoms with Crippen molar-refractivity contribution in [3.8, 4) is 0 Å². The maximum Gasteiger partial charge on any atom is 0.243 e. The lowest BCUT2D eigenvalue weighted by Gasteiger charge is -2.33. The van der Waals surface area contributed by atoms with Crippen LogP contribution in [-0.4, -0.2) is 6.71 Å². The summed E-state index contributed by atoms with van der Waals surface area (Å²) in [6.07, 6.45) is 0. The normalized spacial score (nSPS) is 13.5. The van der Waals surface area contributed by atoms with Gasteiger partial charge in [0.1, 0.15) is 0 Å². The van der Waals surface area contributed by atoms with Crippen LogP contribution >= 0.6 is 0 Å². The van der Waals surface area contributed by atoms with Crippen molar-refractivity contribution < 1.29 is 0 Å². The van der Waals surface area contributed by atoms with Crippen LogP contribution in [0.4, 0.5) is 0 Å². The van der Waals surface area contributed by atoms with Crippen LogP contribution in [0.2, 0.25) is 0 Å². The van der Waals surface area contributed by atoms with E-state index in [-0.39, 0.29) is 17.5 Å². The standard InChI is InChI=1S/C43H41B/c1-24-18-25(2)41(26(3)19-24)44-35-22-27(42(4,5)6)20-33-29-14-10-12-16-31(29)37-32-17-13-11-15-30(32)34-21-28(43(7,8)9)23-36(44)39(34)40(37)38(33)35/h10-23H,1-9H3. The third kappa shape index (κ3) is 3.71. The molecule has 0 atom stereocenters. The zero-order valence-electron chi connectivity index (χ0n) is 27.7. The molecule has 216 valence electrons. The summed E-state index contributed by atoms with van der Waals surface area (Å²) in [6.45, 7) is 21.2. The summed E-state index contributed by atoms with van der Waals surface area (Å²) in [5.41, 5.74) is 11.4. The van der Waals surface area contributed by atoms with Gasteiger partial charge in [-0.2, -0.15) is 0 Å². The minimum atomic E-state index is 0.0227. The quantitative estimate of drug-likeness (QED) is 0.137. The molecule has 1 aliphatic rings. The Kier molecular flexibility index (Phi) is 5.60. The molecule has 0 saturated heterocycles. The minimum Gasteiger partial charge on any atom is -0.0629 e. The van der Waals surface area contributed by atoms with Crippen LogP contribution in [0.15, 0.2) is 84.9 Å². The average molecular weight is 569 g/mol. The van der Waals surface area contributed by atoms with Crippen LogP contribution in [-0.2, 0) is 10.8 Å². The van der Waals surface area contributed by atoms with Crippen molar-refractivity contribution in [2.45, 2.75) is 73.1 Å². The smallest absolute Gasteiger partial charge is 0.0629 e. The zero-order chi connectivity index (χ0) is 30.9. The summed E-state index contributed by atoms with van der Waals surface area (Å²) >= 11 is 0. The van der Waals surface area contributed by atoms with E-state index in [1.807, 2.05) is 0 Å². The fourth-order valence-electron chi connectivity index (χ4n) is 8.42. The molecule has 0 saturated carbocycles. The third-order valence-corrected chi connectivity index (χ3v) is 10.4. The molecule has 0 nitrogen and oxygen atoms in total. The van der Waals surface area contributed by atoms with Crippen molar-refractivity contribution in [1.29, 1.82) is 0 Å². The van der Waals surface area contributed by atoms with Crippen molar-refractivity contribution in [3.05, 3.63) is 113 Å². The maximum absolute atomic E-state index is 2.58. The van der Waals surface area contributed by atoms with Crippen molar-refractivity contribution >= 4 is 77.0 Å². The van der Waals surface area contributed by atoms with Gasteiger partial charge in [-0.05, 0) is 96.6 Å². The molecule has 7 aromatic rings. The lowest BCUT2D eigenvalue weighted by molar-refractivity contribution is 0.591. The Labute approximate surface area is 262 Å². The molecular weight excluding hydrogens is 527 g/mol. The molecule has 7 aromatic carbocycles. The fraction of sp³-hybridized carbons (Fsp3) is 0.256. The number of fused-ring (bicyclic) bond motifs is 6. The summed E-state index contributed by atoms with van der Waals surface area (Å²) in [7, 11) is 0. The van der Waals surface area contributed by atoms with Crippen molar-refractivity contribution in [2.75, 3.05) is 0 Å². The number of aryl methyl sites for hydroxylation is 3. The fourth-order valence-corrected chi connectivity index (χ4v) is 8.42. The maximum atomic E-state index is 2.58. The first-order valence-electron chi connectivity index (χ1n) is 16.2. The monoisotopic (exact) mass is 568 g/mol. The predicted octanol–water partition coefficient (Wildman–Crippen LogP) is 9.80. The summed E-state index contributed by atoms with van der Waals surface area (Å²) < 4.78 is 0. The molecular formula is C43H41B. The number of benzene rings is 7. The molecule has 0 aliphatic carbocycles. The molecule has 8 rings (SSSR count). The molecule has 1 aliphatic heterocycles. The Hall–Kier alpha value is -4.10. The average Bonchev–Trinajstić information content (AvgIpc) is 2.96. The molecule has 1 heteroatoms. The second-order valence-corrected chi connectivity index (χ2v) is 15.6. The molecule has 44 heavy (non-hydrogen) atoms. The van der Waals surface area contributed by atoms with Gasteiger partial charge in [0.15, 0.2) is 0 Å². The van der Waals surface area contributed by atoms with Crippen LogP contribution in [0.5, 0.6) is 0 Å². The van der Waals surface area contributed by atoms with E-state index in [0.717, 1.165) is 0 Å². The molecule has 0 fully saturated rings. The highest BCUT2D eigenvalue weighted by molar-refractivity contribution is 7.00. The Balaban J connectivity index is 1.75. The minimum absolute atomic E-state index is 0.0227. The van der Waals surface area contributed by atoms with E-state index >= 15 is 0 Å². The summed E-state index contributed by atoms with van der Waals surface area (Å²) in [5, 5.41) is 14.0. The van der Waals surface area contributed by atoms with E-state index < -0.39 is 0 Å². The van der Waals surface area contributed by atoms with Gasteiger partial charge in [-0.3, -0.25) is 0 Å². The van der Waals surface area contributed by atoms with Gasteiger partial charge in [0.25, 0.3) is 0 Å². The number of rotatable bonds is 1. The first-order valence-corrected chi connectivity index (χ1v) is 16.2. The van der Waals surface area contributed by atoms with Gasteiger partial charge in [0.05, 0.1) is 0 Å². The molecule has 0 amide bonds. The van der Waals surface area contributed by atoms with Gasteiger partial charge in [-0.25, -0.2) is 0 Å². The van der Waals surface area contributed by atoms with Gasteiger partial charge in [0.2, 0.25) is 6.71 Å². The Morgan fingerprint density at radius 2 is 0.841 bits per heavy atom. The SMILES string of the molecule is Cc1cc(C)c(B2c3cc(C(C)(C)C)cc4c5ccccc5c5c6ccccc6c6cc(C(C)(C)C)cc2c6c5c34)c(C)c1. The van der Waals surface area contributed by atoms with E-state index in [4.69, 9.17) is 0 Å². The third-order valence-electron chi connectivity index (χ3n) is 10.4. The van der Waals surface area contributed by atoms with Crippen molar-refractivity contribution in [3.63, 3.8) is 0 Å². The summed E-state index contributed by atoms with van der Waals surface area (Å²) in [4.78, 5) is 0. The number of hydrogen-bond donors (Lipinski definition) is 0. The summed E-state index contributed by atoms with van der Waals surface area (Å²) in [6, 6.07) is 33.3. The van der Waals surface area contributed by atoms with Gasteiger partial charge < -0.3 is 0 Å². The molecule has 1 heterocycles. The van der Waals surface area contributed by atoms with E-state index in [1.165, 1.54) is 98.1 Å². The largest absolute Gasteiger partial charge is 0.243 e. The second kappa shape index (κ2) is 8.98. The van der Waals surface area contributed by atoms with Gasteiger partial charge in [-0.15, -0.1) is 0 Å². The van der Waals surface area contributed by atoms with Crippen LogP contribution in [0.25, 0.3) is 53.9 Å². The van der Waals surface area contributed by atoms with E-state index in [2.05, 4.69) is 147 Å². The number of hydrogen-bond acceptors (Lipinski definition) is 0. The first-order chi connectivity index (χ1) is 20.8. The zero-order valence-corrected chi connectivity index (χ0v) is 27.7. The second-order valence-electron chi connectivity index (χ2n) is 15.6. The van der Waals surface area contributed by atoms with Crippen LogP contribution in [0.1, 0.15) is 69.4 Å².